The van der Waals surface area contributed by atoms with E-state index in [4.69, 9.17) is 18.9 Å². The second kappa shape index (κ2) is 7.03. The molecule has 0 atom stereocenters. The van der Waals surface area contributed by atoms with E-state index in [1.54, 1.807) is 18.2 Å². The molecule has 8 nitrogen and oxygen atoms in total. The number of benzene rings is 1. The molecular formula is C16H17N3O5. The number of nitrogens with one attached hydrogen (secondary N) is 1. The Morgan fingerprint density at radius 2 is 2.00 bits per heavy atom. The molecular weight excluding hydrogens is 314 g/mol. The lowest BCUT2D eigenvalue weighted by atomic mass is 10.2. The maximum atomic E-state index is 12.4. The number of nitrogens with zero attached hydrogens (tertiary/aromatic N) is 2. The summed E-state index contributed by atoms with van der Waals surface area (Å²) in [6.07, 6.45) is 1.45. The summed E-state index contributed by atoms with van der Waals surface area (Å²) in [5, 5.41) is 2.73. The zero-order valence-corrected chi connectivity index (χ0v) is 13.4. The van der Waals surface area contributed by atoms with Crippen LogP contribution in [-0.2, 0) is 0 Å². The lowest BCUT2D eigenvalue weighted by Gasteiger charge is -2.11. The SMILES string of the molecule is CCOc1ncc(NC(=O)c2ccc3c(c2)OCO3)c(OCC)n1. The van der Waals surface area contributed by atoms with Crippen molar-refractivity contribution in [1.29, 1.82) is 0 Å². The van der Waals surface area contributed by atoms with Crippen LogP contribution in [-0.4, -0.2) is 35.9 Å². The fourth-order valence-electron chi connectivity index (χ4n) is 2.11. The third kappa shape index (κ3) is 3.32. The van der Waals surface area contributed by atoms with Crippen LogP contribution in [0, 0.1) is 0 Å². The van der Waals surface area contributed by atoms with Crippen LogP contribution in [0.1, 0.15) is 24.2 Å². The van der Waals surface area contributed by atoms with Crippen molar-refractivity contribution in [2.45, 2.75) is 13.8 Å². The summed E-state index contributed by atoms with van der Waals surface area (Å²) < 4.78 is 21.2. The van der Waals surface area contributed by atoms with Gasteiger partial charge in [0.1, 0.15) is 5.69 Å². The highest BCUT2D eigenvalue weighted by Crippen LogP contribution is 2.33. The quantitative estimate of drug-likeness (QED) is 0.868. The van der Waals surface area contributed by atoms with Gasteiger partial charge in [-0.2, -0.15) is 4.98 Å². The number of ether oxygens (including phenoxy) is 4. The van der Waals surface area contributed by atoms with E-state index in [2.05, 4.69) is 15.3 Å². The van der Waals surface area contributed by atoms with Gasteiger partial charge in [-0.3, -0.25) is 4.79 Å². The van der Waals surface area contributed by atoms with Crippen molar-refractivity contribution in [3.63, 3.8) is 0 Å². The van der Waals surface area contributed by atoms with Crippen LogP contribution < -0.4 is 24.3 Å². The summed E-state index contributed by atoms with van der Waals surface area (Å²) in [4.78, 5) is 20.6. The molecule has 0 unspecified atom stereocenters. The van der Waals surface area contributed by atoms with Crippen LogP contribution in [0.4, 0.5) is 5.69 Å². The van der Waals surface area contributed by atoms with E-state index in [0.717, 1.165) is 0 Å². The first-order valence-electron chi connectivity index (χ1n) is 7.55. The van der Waals surface area contributed by atoms with Crippen LogP contribution in [0.25, 0.3) is 0 Å². The molecule has 0 aliphatic carbocycles. The molecule has 24 heavy (non-hydrogen) atoms. The van der Waals surface area contributed by atoms with Crippen molar-refractivity contribution < 1.29 is 23.7 Å². The van der Waals surface area contributed by atoms with E-state index in [1.807, 2.05) is 13.8 Å². The van der Waals surface area contributed by atoms with Crippen molar-refractivity contribution in [2.75, 3.05) is 25.3 Å². The van der Waals surface area contributed by atoms with Gasteiger partial charge < -0.3 is 24.3 Å². The molecule has 8 heteroatoms. The highest BCUT2D eigenvalue weighted by atomic mass is 16.7. The molecule has 1 aliphatic rings. The Morgan fingerprint density at radius 3 is 2.79 bits per heavy atom. The number of anilines is 1. The van der Waals surface area contributed by atoms with Gasteiger partial charge in [-0.05, 0) is 32.0 Å². The van der Waals surface area contributed by atoms with Gasteiger partial charge in [0.25, 0.3) is 5.91 Å². The van der Waals surface area contributed by atoms with Crippen LogP contribution >= 0.6 is 0 Å². The number of hydrogen-bond acceptors (Lipinski definition) is 7. The summed E-state index contributed by atoms with van der Waals surface area (Å²) in [6, 6.07) is 5.16. The number of fused-ring (bicyclic) bond motifs is 1. The molecule has 2 heterocycles. The third-order valence-electron chi connectivity index (χ3n) is 3.17. The first-order chi connectivity index (χ1) is 11.7. The van der Waals surface area contributed by atoms with Gasteiger partial charge in [0.2, 0.25) is 12.7 Å². The fraction of sp³-hybridized carbons (Fsp3) is 0.312. The van der Waals surface area contributed by atoms with Gasteiger partial charge >= 0.3 is 6.01 Å². The van der Waals surface area contributed by atoms with E-state index < -0.39 is 0 Å². The lowest BCUT2D eigenvalue weighted by Crippen LogP contribution is -2.14. The Balaban J connectivity index is 1.80. The third-order valence-corrected chi connectivity index (χ3v) is 3.17. The molecule has 0 bridgehead atoms. The monoisotopic (exact) mass is 331 g/mol. The van der Waals surface area contributed by atoms with E-state index in [1.165, 1.54) is 6.20 Å². The molecule has 1 aromatic heterocycles. The average Bonchev–Trinajstić information content (AvgIpc) is 3.05. The van der Waals surface area contributed by atoms with Crippen molar-refractivity contribution in [3.05, 3.63) is 30.0 Å². The highest BCUT2D eigenvalue weighted by molar-refractivity contribution is 6.05. The molecule has 126 valence electrons. The molecule has 0 radical (unpaired) electrons. The molecule has 0 saturated carbocycles. The van der Waals surface area contributed by atoms with Crippen molar-refractivity contribution in [1.82, 2.24) is 9.97 Å². The summed E-state index contributed by atoms with van der Waals surface area (Å²) in [7, 11) is 0. The van der Waals surface area contributed by atoms with Crippen LogP contribution in [0.3, 0.4) is 0 Å². The Bertz CT molecular complexity index is 750. The first-order valence-corrected chi connectivity index (χ1v) is 7.55. The normalized spacial score (nSPS) is 11.9. The van der Waals surface area contributed by atoms with Crippen molar-refractivity contribution in [2.24, 2.45) is 0 Å². The molecule has 3 rings (SSSR count). The maximum Gasteiger partial charge on any atom is 0.319 e. The number of amides is 1. The summed E-state index contributed by atoms with van der Waals surface area (Å²) in [6.45, 7) is 4.65. The topological polar surface area (TPSA) is 91.8 Å². The predicted octanol–water partition coefficient (Wildman–Crippen LogP) is 2.25. The number of hydrogen-bond donors (Lipinski definition) is 1. The Morgan fingerprint density at radius 1 is 1.21 bits per heavy atom. The second-order valence-electron chi connectivity index (χ2n) is 4.76. The van der Waals surface area contributed by atoms with E-state index in [-0.39, 0.29) is 24.6 Å². The second-order valence-corrected chi connectivity index (χ2v) is 4.76. The summed E-state index contributed by atoms with van der Waals surface area (Å²) >= 11 is 0. The Kier molecular flexibility index (Phi) is 4.64. The fourth-order valence-corrected chi connectivity index (χ4v) is 2.11. The zero-order chi connectivity index (χ0) is 16.9. The molecule has 1 aromatic carbocycles. The summed E-state index contributed by atoms with van der Waals surface area (Å²) in [5.74, 6) is 1.08. The van der Waals surface area contributed by atoms with E-state index in [9.17, 15) is 4.79 Å². The average molecular weight is 331 g/mol. The highest BCUT2D eigenvalue weighted by Gasteiger charge is 2.18. The Labute approximate surface area is 138 Å². The number of rotatable bonds is 6. The molecule has 1 N–H and O–H groups in total. The van der Waals surface area contributed by atoms with Gasteiger partial charge in [0, 0.05) is 5.56 Å². The first kappa shape index (κ1) is 15.9. The van der Waals surface area contributed by atoms with Crippen LogP contribution in [0.5, 0.6) is 23.4 Å². The molecule has 0 saturated heterocycles. The molecule has 1 aliphatic heterocycles. The molecule has 2 aromatic rings. The minimum atomic E-state index is -0.331. The van der Waals surface area contributed by atoms with Crippen molar-refractivity contribution >= 4 is 11.6 Å². The van der Waals surface area contributed by atoms with Crippen LogP contribution in [0.15, 0.2) is 24.4 Å². The standard InChI is InChI=1S/C16H17N3O5/c1-3-21-15-11(8-17-16(19-15)22-4-2)18-14(20)10-5-6-12-13(7-10)24-9-23-12/h5-8H,3-4,9H2,1-2H3,(H,18,20). The predicted molar refractivity (Wildman–Crippen MR) is 84.9 cm³/mol. The molecule has 0 fully saturated rings. The number of aromatic nitrogens is 2. The summed E-state index contributed by atoms with van der Waals surface area (Å²) in [5.41, 5.74) is 0.790. The van der Waals surface area contributed by atoms with Gasteiger partial charge in [0.05, 0.1) is 19.4 Å². The minimum absolute atomic E-state index is 0.154. The van der Waals surface area contributed by atoms with Gasteiger partial charge in [0.15, 0.2) is 11.5 Å². The van der Waals surface area contributed by atoms with Crippen LogP contribution in [0.2, 0.25) is 0 Å². The zero-order valence-electron chi connectivity index (χ0n) is 13.4. The van der Waals surface area contributed by atoms with Gasteiger partial charge in [-0.25, -0.2) is 4.98 Å². The molecule has 1 amide bonds. The van der Waals surface area contributed by atoms with Gasteiger partial charge in [-0.1, -0.05) is 0 Å². The van der Waals surface area contributed by atoms with Gasteiger partial charge in [-0.15, -0.1) is 0 Å². The van der Waals surface area contributed by atoms with E-state index >= 15 is 0 Å². The Hall–Kier alpha value is -3.03. The molecule has 0 spiro atoms. The number of carbonyl (C=O) groups excluding carboxylic acids is 1. The number of carbonyl (C=O) groups is 1. The minimum Gasteiger partial charge on any atom is -0.476 e. The maximum absolute atomic E-state index is 12.4. The smallest absolute Gasteiger partial charge is 0.319 e. The largest absolute Gasteiger partial charge is 0.476 e. The lowest BCUT2D eigenvalue weighted by molar-refractivity contribution is 0.102. The van der Waals surface area contributed by atoms with Crippen molar-refractivity contribution in [3.8, 4) is 23.4 Å². The van der Waals surface area contributed by atoms with E-state index in [0.29, 0.717) is 36.0 Å².